The van der Waals surface area contributed by atoms with Crippen LogP contribution in [0.2, 0.25) is 0 Å². The van der Waals surface area contributed by atoms with Crippen molar-refractivity contribution in [1.82, 2.24) is 0 Å². The first-order valence-corrected chi connectivity index (χ1v) is 26.9. The molecule has 2 saturated heterocycles. The topological polar surface area (TPSA) is 119 Å². The third-order valence-electron chi connectivity index (χ3n) is 14.3. The zero-order valence-corrected chi connectivity index (χ0v) is 44.7. The normalized spacial score (nSPS) is 25.6. The molecule has 0 bridgehead atoms. The Balaban J connectivity index is 1.09. The summed E-state index contributed by atoms with van der Waals surface area (Å²) < 4.78 is 146. The van der Waals surface area contributed by atoms with Crippen LogP contribution in [0.25, 0.3) is 0 Å². The Labute approximate surface area is 468 Å². The van der Waals surface area contributed by atoms with Gasteiger partial charge in [0.15, 0.2) is 0 Å². The van der Waals surface area contributed by atoms with Gasteiger partial charge in [-0.3, -0.25) is 4.79 Å². The lowest BCUT2D eigenvalue weighted by atomic mass is 9.89. The molecule has 2 fully saturated rings. The fourth-order valence-electron chi connectivity index (χ4n) is 10.2. The highest BCUT2D eigenvalue weighted by Crippen LogP contribution is 2.45. The van der Waals surface area contributed by atoms with E-state index in [2.05, 4.69) is 6.58 Å². The van der Waals surface area contributed by atoms with Crippen molar-refractivity contribution in [3.8, 4) is 5.75 Å². The minimum atomic E-state index is -2.42. The first kappa shape index (κ1) is 59.2. The Hall–Kier alpha value is -6.48. The fraction of sp³-hybridized carbons (Fsp3) is 0.359. The SMILES string of the molecule is C=CC[C@H]1O[C@@H](COCc2ccccc2)[C@H](OCc2ccccc2)C=C[C@@H]1O[C@@H]1C[C@@H](OCc2ccccc2)[C@]2(OC)O[C@H](COCc3ccccc3)[C@@H](OCc3ccccc3)C[C@H]2O[C@H]1CC(=O)Oc1c(F)c(F)c(F)c(F)c1F. The van der Waals surface area contributed by atoms with Crippen LogP contribution in [0.4, 0.5) is 22.0 Å². The Morgan fingerprint density at radius 1 is 0.543 bits per heavy atom. The van der Waals surface area contributed by atoms with Crippen molar-refractivity contribution in [1.29, 1.82) is 0 Å². The Morgan fingerprint density at radius 2 is 1.01 bits per heavy atom. The summed E-state index contributed by atoms with van der Waals surface area (Å²) in [6, 6.07) is 47.8. The molecule has 11 atom stereocenters. The van der Waals surface area contributed by atoms with Crippen LogP contribution in [0.15, 0.2) is 176 Å². The molecule has 81 heavy (non-hydrogen) atoms. The molecule has 6 aromatic rings. The molecule has 428 valence electrons. The lowest BCUT2D eigenvalue weighted by molar-refractivity contribution is -0.377. The number of carbonyl (C=O) groups excluding carboxylic acids is 1. The van der Waals surface area contributed by atoms with E-state index in [1.165, 1.54) is 7.11 Å². The molecule has 17 heteroatoms. The number of rotatable bonds is 25. The van der Waals surface area contributed by atoms with E-state index in [1.807, 2.05) is 158 Å². The molecule has 0 aromatic heterocycles. The summed E-state index contributed by atoms with van der Waals surface area (Å²) in [5, 5.41) is 0. The summed E-state index contributed by atoms with van der Waals surface area (Å²) in [4.78, 5) is 14.2. The maximum Gasteiger partial charge on any atom is 0.314 e. The van der Waals surface area contributed by atoms with Crippen molar-refractivity contribution in [2.45, 2.75) is 126 Å². The summed E-state index contributed by atoms with van der Waals surface area (Å²) in [5.74, 6) is -16.7. The van der Waals surface area contributed by atoms with Crippen LogP contribution in [0.1, 0.15) is 53.5 Å². The van der Waals surface area contributed by atoms with E-state index in [0.717, 1.165) is 27.8 Å². The van der Waals surface area contributed by atoms with E-state index in [0.29, 0.717) is 0 Å². The Bertz CT molecular complexity index is 2920. The number of hydrogen-bond acceptors (Lipinski definition) is 12. The van der Waals surface area contributed by atoms with Crippen LogP contribution >= 0.6 is 0 Å². The summed E-state index contributed by atoms with van der Waals surface area (Å²) in [6.07, 6.45) is -5.01. The number of ether oxygens (including phenoxy) is 11. The third-order valence-corrected chi connectivity index (χ3v) is 14.3. The van der Waals surface area contributed by atoms with E-state index >= 15 is 8.78 Å². The highest BCUT2D eigenvalue weighted by atomic mass is 19.2. The van der Waals surface area contributed by atoms with Gasteiger partial charge in [-0.05, 0) is 34.2 Å². The summed E-state index contributed by atoms with van der Waals surface area (Å²) in [6.45, 7) is 5.10. The first-order valence-electron chi connectivity index (χ1n) is 26.9. The molecule has 0 saturated carbocycles. The van der Waals surface area contributed by atoms with Gasteiger partial charge in [-0.15, -0.1) is 6.58 Å². The minimum Gasteiger partial charge on any atom is -0.420 e. The maximum atomic E-state index is 15.2. The highest BCUT2D eigenvalue weighted by Gasteiger charge is 2.60. The number of benzene rings is 6. The minimum absolute atomic E-state index is 0.0202. The molecule has 9 rings (SSSR count). The molecule has 6 aromatic carbocycles. The molecule has 0 spiro atoms. The number of methoxy groups -OCH3 is 1. The van der Waals surface area contributed by atoms with Crippen LogP contribution in [0.5, 0.6) is 5.75 Å². The van der Waals surface area contributed by atoms with E-state index in [1.54, 1.807) is 12.2 Å². The monoisotopic (exact) mass is 1120 g/mol. The molecule has 0 aliphatic carbocycles. The van der Waals surface area contributed by atoms with Crippen molar-refractivity contribution in [2.24, 2.45) is 0 Å². The van der Waals surface area contributed by atoms with E-state index in [4.69, 9.17) is 52.1 Å². The van der Waals surface area contributed by atoms with Crippen LogP contribution < -0.4 is 4.74 Å². The number of esters is 1. The van der Waals surface area contributed by atoms with Gasteiger partial charge in [0.2, 0.25) is 40.6 Å². The standard InChI is InChI=1S/C64H65F5O12/c1-3-19-48-49(31-30-47(74-37-44-24-13-6-14-25-44)53(78-48)40-72-35-42-20-9-4-10-21-42)77-51-33-55(76-39-46-28-17-8-18-29-46)64(71-2)56(79-52(51)34-57(70)80-63-61(68)59(66)58(65)60(67)62(63)69)32-50(75-38-45-26-15-7-16-27-45)54(81-64)41-73-36-43-22-11-5-12-23-43/h3-18,20-31,47-56H,1,19,32-41H2,2H3/t47-,48-,49+,50+,51-,52+,53+,54-,55-,56-,64+/m1/s1. The summed E-state index contributed by atoms with van der Waals surface area (Å²) >= 11 is 0. The van der Waals surface area contributed by atoms with Gasteiger partial charge in [0, 0.05) is 20.0 Å². The second kappa shape index (κ2) is 29.0. The van der Waals surface area contributed by atoms with E-state index in [9.17, 15) is 18.0 Å². The smallest absolute Gasteiger partial charge is 0.314 e. The number of halogens is 5. The first-order chi connectivity index (χ1) is 39.5. The number of hydrogen-bond donors (Lipinski definition) is 0. The van der Waals surface area contributed by atoms with Gasteiger partial charge in [-0.1, -0.05) is 170 Å². The molecule has 0 amide bonds. The molecule has 0 N–H and O–H groups in total. The van der Waals surface area contributed by atoms with Crippen molar-refractivity contribution in [3.05, 3.63) is 233 Å². The van der Waals surface area contributed by atoms with Gasteiger partial charge in [0.05, 0.1) is 77.1 Å². The third kappa shape index (κ3) is 15.4. The maximum absolute atomic E-state index is 15.2. The molecule has 0 radical (unpaired) electrons. The van der Waals surface area contributed by atoms with Crippen molar-refractivity contribution in [2.75, 3.05) is 20.3 Å². The Morgan fingerprint density at radius 3 is 1.53 bits per heavy atom. The van der Waals surface area contributed by atoms with Crippen molar-refractivity contribution >= 4 is 5.97 Å². The van der Waals surface area contributed by atoms with Gasteiger partial charge in [0.25, 0.3) is 0 Å². The predicted molar refractivity (Wildman–Crippen MR) is 288 cm³/mol. The molecular weight excluding hydrogens is 1060 g/mol. The van der Waals surface area contributed by atoms with Gasteiger partial charge in [-0.2, -0.15) is 8.78 Å². The van der Waals surface area contributed by atoms with Crippen molar-refractivity contribution in [3.63, 3.8) is 0 Å². The quantitative estimate of drug-likeness (QED) is 0.0136. The van der Waals surface area contributed by atoms with E-state index < -0.39 is 114 Å². The lowest BCUT2D eigenvalue weighted by Gasteiger charge is -2.50. The number of carbonyl (C=O) groups is 1. The summed E-state index contributed by atoms with van der Waals surface area (Å²) in [7, 11) is 1.44. The van der Waals surface area contributed by atoms with Gasteiger partial charge in [-0.25, -0.2) is 13.2 Å². The fourth-order valence-corrected chi connectivity index (χ4v) is 10.2. The van der Waals surface area contributed by atoms with Crippen LogP contribution in [0, 0.1) is 29.1 Å². The molecule has 0 unspecified atom stereocenters. The molecule has 3 heterocycles. The molecule has 3 aliphatic heterocycles. The van der Waals surface area contributed by atoms with Crippen LogP contribution in [-0.4, -0.2) is 93.1 Å². The molecule has 12 nitrogen and oxygen atoms in total. The summed E-state index contributed by atoms with van der Waals surface area (Å²) in [5.41, 5.74) is 4.45. The second-order valence-corrected chi connectivity index (χ2v) is 19.9. The highest BCUT2D eigenvalue weighted by molar-refractivity contribution is 5.73. The van der Waals surface area contributed by atoms with E-state index in [-0.39, 0.29) is 65.5 Å². The van der Waals surface area contributed by atoms with Crippen molar-refractivity contribution < 1.29 is 78.9 Å². The zero-order valence-electron chi connectivity index (χ0n) is 44.7. The van der Waals surface area contributed by atoms with Gasteiger partial charge in [0.1, 0.15) is 36.6 Å². The average molecular weight is 1120 g/mol. The van der Waals surface area contributed by atoms with Gasteiger partial charge < -0.3 is 52.1 Å². The largest absolute Gasteiger partial charge is 0.420 e. The van der Waals surface area contributed by atoms with Gasteiger partial charge >= 0.3 is 5.97 Å². The zero-order chi connectivity index (χ0) is 56.6. The van der Waals surface area contributed by atoms with Crippen LogP contribution in [-0.2, 0) is 85.2 Å². The predicted octanol–water partition coefficient (Wildman–Crippen LogP) is 11.8. The van der Waals surface area contributed by atoms with Crippen LogP contribution in [0.3, 0.4) is 0 Å². The average Bonchev–Trinajstić information content (AvgIpc) is 3.96. The molecule has 3 aliphatic rings. The molecular formula is C64H65F5O12. The Kier molecular flexibility index (Phi) is 21.2. The lowest BCUT2D eigenvalue weighted by Crippen LogP contribution is -2.65. The second-order valence-electron chi connectivity index (χ2n) is 19.9. The number of fused-ring (bicyclic) bond motifs is 1.